The Kier molecular flexibility index (Phi) is 6.74. The SMILES string of the molecule is C[C@H](C(=O)Nc1ccc(SC(F)F)cc1)[NH+]1CCN(c2ccc(O)cc2)CC1. The number of nitrogens with one attached hydrogen (secondary N) is 2. The number of hydrogen-bond donors (Lipinski definition) is 3. The number of thioether (sulfide) groups is 1. The summed E-state index contributed by atoms with van der Waals surface area (Å²) in [5.41, 5.74) is 1.67. The van der Waals surface area contributed by atoms with Gasteiger partial charge in [0.25, 0.3) is 11.7 Å². The third-order valence-electron chi connectivity index (χ3n) is 4.97. The maximum atomic E-state index is 12.6. The van der Waals surface area contributed by atoms with Crippen LogP contribution in [-0.2, 0) is 4.79 Å². The molecule has 0 aromatic heterocycles. The van der Waals surface area contributed by atoms with E-state index < -0.39 is 5.76 Å². The number of piperazine rings is 1. The molecule has 28 heavy (non-hydrogen) atoms. The number of phenolic OH excluding ortho intramolecular Hbond substituents is 1. The van der Waals surface area contributed by atoms with Gasteiger partial charge in [-0.3, -0.25) is 4.79 Å². The summed E-state index contributed by atoms with van der Waals surface area (Å²) < 4.78 is 24.7. The zero-order chi connectivity index (χ0) is 20.1. The molecule has 2 aromatic carbocycles. The van der Waals surface area contributed by atoms with E-state index in [4.69, 9.17) is 0 Å². The van der Waals surface area contributed by atoms with Crippen molar-refractivity contribution in [2.24, 2.45) is 0 Å². The Morgan fingerprint density at radius 3 is 2.29 bits per heavy atom. The monoisotopic (exact) mass is 408 g/mol. The van der Waals surface area contributed by atoms with Gasteiger partial charge in [0.1, 0.15) is 5.75 Å². The van der Waals surface area contributed by atoms with E-state index in [1.54, 1.807) is 36.4 Å². The molecule has 0 bridgehead atoms. The highest BCUT2D eigenvalue weighted by Gasteiger charge is 2.29. The van der Waals surface area contributed by atoms with E-state index in [0.717, 1.165) is 31.9 Å². The van der Waals surface area contributed by atoms with Crippen LogP contribution in [0.25, 0.3) is 0 Å². The van der Waals surface area contributed by atoms with Gasteiger partial charge in [0, 0.05) is 16.3 Å². The van der Waals surface area contributed by atoms with Crippen LogP contribution in [0, 0.1) is 0 Å². The van der Waals surface area contributed by atoms with Crippen LogP contribution in [0.4, 0.5) is 20.2 Å². The standard InChI is InChI=1S/C20H23F2N3O2S/c1-14(19(27)23-15-2-8-18(9-3-15)28-20(21)22)24-10-12-25(13-11-24)16-4-6-17(26)7-5-16/h2-9,14,20,26H,10-13H2,1H3,(H,23,27)/p+1/t14-/m1/s1. The number of rotatable bonds is 6. The fraction of sp³-hybridized carbons (Fsp3) is 0.350. The van der Waals surface area contributed by atoms with Crippen molar-refractivity contribution in [1.82, 2.24) is 0 Å². The first-order chi connectivity index (χ1) is 13.4. The summed E-state index contributed by atoms with van der Waals surface area (Å²) in [6.45, 7) is 5.23. The van der Waals surface area contributed by atoms with E-state index in [2.05, 4.69) is 10.2 Å². The van der Waals surface area contributed by atoms with E-state index >= 15 is 0 Å². The van der Waals surface area contributed by atoms with Gasteiger partial charge in [0.15, 0.2) is 6.04 Å². The average molecular weight is 408 g/mol. The van der Waals surface area contributed by atoms with Gasteiger partial charge in [-0.15, -0.1) is 0 Å². The Morgan fingerprint density at radius 2 is 1.71 bits per heavy atom. The van der Waals surface area contributed by atoms with Crippen molar-refractivity contribution in [2.75, 3.05) is 36.4 Å². The molecule has 0 radical (unpaired) electrons. The molecule has 0 spiro atoms. The van der Waals surface area contributed by atoms with Crippen LogP contribution in [0.5, 0.6) is 5.75 Å². The highest BCUT2D eigenvalue weighted by Crippen LogP contribution is 2.26. The Morgan fingerprint density at radius 1 is 1.11 bits per heavy atom. The number of alkyl halides is 2. The molecule has 1 atom stereocenters. The number of phenols is 1. The van der Waals surface area contributed by atoms with E-state index in [0.29, 0.717) is 22.3 Å². The van der Waals surface area contributed by atoms with Crippen LogP contribution in [0.15, 0.2) is 53.4 Å². The van der Waals surface area contributed by atoms with Crippen molar-refractivity contribution >= 4 is 29.0 Å². The lowest BCUT2D eigenvalue weighted by Crippen LogP contribution is -3.19. The maximum Gasteiger partial charge on any atom is 0.288 e. The predicted molar refractivity (Wildman–Crippen MR) is 107 cm³/mol. The molecular weight excluding hydrogens is 384 g/mol. The zero-order valence-electron chi connectivity index (χ0n) is 15.6. The van der Waals surface area contributed by atoms with Crippen LogP contribution in [0.3, 0.4) is 0 Å². The fourth-order valence-corrected chi connectivity index (χ4v) is 3.80. The molecule has 150 valence electrons. The highest BCUT2D eigenvalue weighted by atomic mass is 32.2. The maximum absolute atomic E-state index is 12.6. The average Bonchev–Trinajstić information content (AvgIpc) is 2.69. The smallest absolute Gasteiger partial charge is 0.288 e. The van der Waals surface area contributed by atoms with Crippen LogP contribution < -0.4 is 15.1 Å². The summed E-state index contributed by atoms with van der Waals surface area (Å²) in [4.78, 5) is 16.5. The highest BCUT2D eigenvalue weighted by molar-refractivity contribution is 7.99. The molecule has 1 fully saturated rings. The van der Waals surface area contributed by atoms with E-state index in [-0.39, 0.29) is 17.7 Å². The van der Waals surface area contributed by atoms with E-state index in [1.807, 2.05) is 19.1 Å². The molecule has 3 N–H and O–H groups in total. The van der Waals surface area contributed by atoms with Gasteiger partial charge in [0.2, 0.25) is 0 Å². The number of nitrogens with zero attached hydrogens (tertiary/aromatic N) is 1. The molecule has 2 aromatic rings. The molecular formula is C20H24F2N3O2S+. The van der Waals surface area contributed by atoms with Gasteiger partial charge in [-0.2, -0.15) is 8.78 Å². The summed E-state index contributed by atoms with van der Waals surface area (Å²) in [7, 11) is 0. The van der Waals surface area contributed by atoms with Crippen LogP contribution in [0.1, 0.15) is 6.92 Å². The van der Waals surface area contributed by atoms with Gasteiger partial charge in [0.05, 0.1) is 26.2 Å². The van der Waals surface area contributed by atoms with Crippen LogP contribution in [-0.4, -0.2) is 49.0 Å². The minimum Gasteiger partial charge on any atom is -0.508 e. The van der Waals surface area contributed by atoms with Gasteiger partial charge in [-0.05, 0) is 55.5 Å². The third kappa shape index (κ3) is 5.36. The summed E-state index contributed by atoms with van der Waals surface area (Å²) in [5, 5.41) is 12.3. The lowest BCUT2D eigenvalue weighted by molar-refractivity contribution is -0.914. The third-order valence-corrected chi connectivity index (χ3v) is 5.70. The molecule has 1 saturated heterocycles. The topological polar surface area (TPSA) is 57.0 Å². The lowest BCUT2D eigenvalue weighted by Gasteiger charge is -2.36. The number of aromatic hydroxyl groups is 1. The Balaban J connectivity index is 1.50. The summed E-state index contributed by atoms with van der Waals surface area (Å²) in [5.74, 6) is -2.29. The number of anilines is 2. The lowest BCUT2D eigenvalue weighted by atomic mass is 10.2. The molecule has 5 nitrogen and oxygen atoms in total. The zero-order valence-corrected chi connectivity index (χ0v) is 16.4. The number of amides is 1. The first-order valence-corrected chi connectivity index (χ1v) is 10.0. The van der Waals surface area contributed by atoms with Crippen molar-refractivity contribution < 1.29 is 23.6 Å². The number of carbonyl (C=O) groups excluding carboxylic acids is 1. The fourth-order valence-electron chi connectivity index (χ4n) is 3.30. The Bertz CT molecular complexity index is 779. The molecule has 3 rings (SSSR count). The number of halogens is 2. The second-order valence-corrected chi connectivity index (χ2v) is 7.84. The second-order valence-electron chi connectivity index (χ2n) is 6.78. The van der Waals surface area contributed by atoms with Crippen LogP contribution in [0.2, 0.25) is 0 Å². The summed E-state index contributed by atoms with van der Waals surface area (Å²) >= 11 is 0.485. The van der Waals surface area contributed by atoms with E-state index in [9.17, 15) is 18.7 Å². The largest absolute Gasteiger partial charge is 0.508 e. The molecule has 0 aliphatic carbocycles. The Labute approximate surface area is 167 Å². The molecule has 1 aliphatic rings. The quantitative estimate of drug-likeness (QED) is 0.643. The van der Waals surface area contributed by atoms with Crippen molar-refractivity contribution in [3.05, 3.63) is 48.5 Å². The van der Waals surface area contributed by atoms with Crippen molar-refractivity contribution in [1.29, 1.82) is 0 Å². The molecule has 0 saturated carbocycles. The first-order valence-electron chi connectivity index (χ1n) is 9.16. The van der Waals surface area contributed by atoms with Crippen molar-refractivity contribution in [3.8, 4) is 5.75 Å². The van der Waals surface area contributed by atoms with E-state index in [1.165, 1.54) is 4.90 Å². The molecule has 8 heteroatoms. The summed E-state index contributed by atoms with van der Waals surface area (Å²) in [6, 6.07) is 13.4. The number of benzene rings is 2. The van der Waals surface area contributed by atoms with Crippen LogP contribution >= 0.6 is 11.8 Å². The van der Waals surface area contributed by atoms with Gasteiger partial charge in [-0.25, -0.2) is 0 Å². The molecule has 0 unspecified atom stereocenters. The molecule has 1 aliphatic heterocycles. The van der Waals surface area contributed by atoms with Gasteiger partial charge >= 0.3 is 0 Å². The molecule has 1 amide bonds. The van der Waals surface area contributed by atoms with Gasteiger partial charge < -0.3 is 20.2 Å². The summed E-state index contributed by atoms with van der Waals surface area (Å²) in [6.07, 6.45) is 0. The number of quaternary nitrogens is 1. The number of hydrogen-bond acceptors (Lipinski definition) is 4. The Hall–Kier alpha value is -2.32. The van der Waals surface area contributed by atoms with Crippen molar-refractivity contribution in [3.63, 3.8) is 0 Å². The van der Waals surface area contributed by atoms with Gasteiger partial charge in [-0.1, -0.05) is 11.8 Å². The second kappa shape index (κ2) is 9.25. The normalized spacial score (nSPS) is 16.2. The minimum absolute atomic E-state index is 0.0812. The molecule has 1 heterocycles. The minimum atomic E-state index is -2.45. The predicted octanol–water partition coefficient (Wildman–Crippen LogP) is 2.44. The number of carbonyl (C=O) groups is 1. The van der Waals surface area contributed by atoms with Crippen molar-refractivity contribution in [2.45, 2.75) is 23.6 Å². The first kappa shape index (κ1) is 20.4.